The number of likely N-dealkylation sites (tertiary alicyclic amines) is 1. The summed E-state index contributed by atoms with van der Waals surface area (Å²) in [7, 11) is 1.61. The number of carbonyl (C=O) groups is 1. The molecule has 1 amide bonds. The zero-order valence-corrected chi connectivity index (χ0v) is 11.4. The first kappa shape index (κ1) is 14.0. The van der Waals surface area contributed by atoms with Gasteiger partial charge in [0.25, 0.3) is 0 Å². The first-order valence-electron chi connectivity index (χ1n) is 6.72. The summed E-state index contributed by atoms with van der Waals surface area (Å²) in [4.78, 5) is 13.7. The molecule has 1 aliphatic rings. The molecule has 0 N–H and O–H groups in total. The monoisotopic (exact) mass is 263 g/mol. The molecule has 0 aliphatic carbocycles. The molecular formula is C15H21NO3. The summed E-state index contributed by atoms with van der Waals surface area (Å²) in [5.74, 6) is 0.160. The number of nitrogens with zero attached hydrogens (tertiary/aromatic N) is 1. The summed E-state index contributed by atoms with van der Waals surface area (Å²) in [5, 5.41) is 0. The van der Waals surface area contributed by atoms with Crippen molar-refractivity contribution in [1.82, 2.24) is 4.90 Å². The highest BCUT2D eigenvalue weighted by Crippen LogP contribution is 2.15. The lowest BCUT2D eigenvalue weighted by Crippen LogP contribution is -2.30. The maximum absolute atomic E-state index is 11.8. The minimum atomic E-state index is 0.159. The van der Waals surface area contributed by atoms with E-state index in [9.17, 15) is 4.79 Å². The third-order valence-electron chi connectivity index (χ3n) is 3.35. The van der Waals surface area contributed by atoms with E-state index >= 15 is 0 Å². The average molecular weight is 263 g/mol. The number of carbonyl (C=O) groups excluding carboxylic acids is 1. The first-order chi connectivity index (χ1) is 9.29. The van der Waals surface area contributed by atoms with Crippen LogP contribution in [0.4, 0.5) is 0 Å². The van der Waals surface area contributed by atoms with Crippen molar-refractivity contribution in [3.05, 3.63) is 35.9 Å². The maximum atomic E-state index is 11.8. The summed E-state index contributed by atoms with van der Waals surface area (Å²) < 4.78 is 10.8. The fourth-order valence-corrected chi connectivity index (χ4v) is 2.23. The molecule has 0 aromatic heterocycles. The second kappa shape index (κ2) is 7.26. The molecular weight excluding hydrogens is 242 g/mol. The van der Waals surface area contributed by atoms with Crippen molar-refractivity contribution in [1.29, 1.82) is 0 Å². The Labute approximate surface area is 114 Å². The van der Waals surface area contributed by atoms with Gasteiger partial charge in [0.2, 0.25) is 5.91 Å². The molecule has 19 heavy (non-hydrogen) atoms. The topological polar surface area (TPSA) is 38.8 Å². The number of methoxy groups -OCH3 is 1. The Bertz CT molecular complexity index is 394. The van der Waals surface area contributed by atoms with Crippen LogP contribution in [-0.4, -0.2) is 43.7 Å². The van der Waals surface area contributed by atoms with Crippen molar-refractivity contribution < 1.29 is 14.3 Å². The van der Waals surface area contributed by atoms with E-state index in [1.165, 1.54) is 5.56 Å². The van der Waals surface area contributed by atoms with Gasteiger partial charge >= 0.3 is 0 Å². The van der Waals surface area contributed by atoms with Crippen LogP contribution >= 0.6 is 0 Å². The third kappa shape index (κ3) is 4.33. The molecule has 1 unspecified atom stereocenters. The van der Waals surface area contributed by atoms with Gasteiger partial charge in [0.05, 0.1) is 25.7 Å². The van der Waals surface area contributed by atoms with Crippen molar-refractivity contribution in [3.8, 4) is 0 Å². The molecule has 2 rings (SSSR count). The standard InChI is InChI=1S/C15H21NO3/c1-18-10-8-15(17)16-9-7-14(11-16)19-12-13-5-3-2-4-6-13/h2-6,14H,7-12H2,1H3. The lowest BCUT2D eigenvalue weighted by molar-refractivity contribution is -0.131. The van der Waals surface area contributed by atoms with Crippen LogP contribution in [0.1, 0.15) is 18.4 Å². The lowest BCUT2D eigenvalue weighted by Gasteiger charge is -2.16. The lowest BCUT2D eigenvalue weighted by atomic mass is 10.2. The van der Waals surface area contributed by atoms with E-state index in [1.807, 2.05) is 23.1 Å². The number of hydrogen-bond acceptors (Lipinski definition) is 3. The van der Waals surface area contributed by atoms with Gasteiger partial charge in [-0.25, -0.2) is 0 Å². The van der Waals surface area contributed by atoms with Crippen molar-refractivity contribution in [2.45, 2.75) is 25.6 Å². The van der Waals surface area contributed by atoms with E-state index in [2.05, 4.69) is 12.1 Å². The van der Waals surface area contributed by atoms with Crippen LogP contribution in [0.25, 0.3) is 0 Å². The van der Waals surface area contributed by atoms with Gasteiger partial charge in [-0.1, -0.05) is 30.3 Å². The Morgan fingerprint density at radius 1 is 1.37 bits per heavy atom. The Morgan fingerprint density at radius 2 is 2.16 bits per heavy atom. The van der Waals surface area contributed by atoms with Gasteiger partial charge in [-0.15, -0.1) is 0 Å². The molecule has 0 saturated carbocycles. The summed E-state index contributed by atoms with van der Waals surface area (Å²) in [6.45, 7) is 2.61. The maximum Gasteiger partial charge on any atom is 0.224 e. The van der Waals surface area contributed by atoms with Crippen molar-refractivity contribution >= 4 is 5.91 Å². The Kier molecular flexibility index (Phi) is 5.36. The quantitative estimate of drug-likeness (QED) is 0.786. The summed E-state index contributed by atoms with van der Waals surface area (Å²) in [6.07, 6.45) is 1.54. The highest BCUT2D eigenvalue weighted by molar-refractivity contribution is 5.76. The van der Waals surface area contributed by atoms with Crippen LogP contribution in [0.15, 0.2) is 30.3 Å². The van der Waals surface area contributed by atoms with Gasteiger partial charge in [-0.3, -0.25) is 4.79 Å². The molecule has 1 fully saturated rings. The molecule has 1 atom stereocenters. The van der Waals surface area contributed by atoms with E-state index in [-0.39, 0.29) is 12.0 Å². The van der Waals surface area contributed by atoms with Crippen molar-refractivity contribution in [2.24, 2.45) is 0 Å². The molecule has 0 radical (unpaired) electrons. The van der Waals surface area contributed by atoms with E-state index in [4.69, 9.17) is 9.47 Å². The fraction of sp³-hybridized carbons (Fsp3) is 0.533. The first-order valence-corrected chi connectivity index (χ1v) is 6.72. The van der Waals surface area contributed by atoms with Crippen LogP contribution in [0, 0.1) is 0 Å². The van der Waals surface area contributed by atoms with Gasteiger partial charge in [-0.2, -0.15) is 0 Å². The van der Waals surface area contributed by atoms with E-state index in [0.717, 1.165) is 13.0 Å². The molecule has 104 valence electrons. The molecule has 4 heteroatoms. The summed E-state index contributed by atoms with van der Waals surface area (Å²) in [5.41, 5.74) is 1.17. The SMILES string of the molecule is COCCC(=O)N1CCC(OCc2ccccc2)C1. The fourth-order valence-electron chi connectivity index (χ4n) is 2.23. The summed E-state index contributed by atoms with van der Waals surface area (Å²) >= 11 is 0. The zero-order valence-electron chi connectivity index (χ0n) is 11.4. The smallest absolute Gasteiger partial charge is 0.224 e. The predicted molar refractivity (Wildman–Crippen MR) is 72.7 cm³/mol. The molecule has 1 aliphatic heterocycles. The minimum absolute atomic E-state index is 0.159. The van der Waals surface area contributed by atoms with Gasteiger partial charge < -0.3 is 14.4 Å². The molecule has 1 aromatic carbocycles. The van der Waals surface area contributed by atoms with Crippen LogP contribution < -0.4 is 0 Å². The van der Waals surface area contributed by atoms with Crippen LogP contribution in [0.5, 0.6) is 0 Å². The minimum Gasteiger partial charge on any atom is -0.384 e. The van der Waals surface area contributed by atoms with Gasteiger partial charge in [0, 0.05) is 20.2 Å². The Hall–Kier alpha value is -1.39. The average Bonchev–Trinajstić information content (AvgIpc) is 2.92. The molecule has 0 bridgehead atoms. The molecule has 1 saturated heterocycles. The van der Waals surface area contributed by atoms with Crippen molar-refractivity contribution in [2.75, 3.05) is 26.8 Å². The zero-order chi connectivity index (χ0) is 13.5. The Morgan fingerprint density at radius 3 is 2.89 bits per heavy atom. The molecule has 1 aromatic rings. The van der Waals surface area contributed by atoms with E-state index in [1.54, 1.807) is 7.11 Å². The highest BCUT2D eigenvalue weighted by atomic mass is 16.5. The highest BCUT2D eigenvalue weighted by Gasteiger charge is 2.26. The number of benzene rings is 1. The van der Waals surface area contributed by atoms with Crippen LogP contribution in [0.2, 0.25) is 0 Å². The normalized spacial score (nSPS) is 18.8. The van der Waals surface area contributed by atoms with Gasteiger partial charge in [0.1, 0.15) is 0 Å². The number of hydrogen-bond donors (Lipinski definition) is 0. The van der Waals surface area contributed by atoms with Crippen LogP contribution in [-0.2, 0) is 20.9 Å². The summed E-state index contributed by atoms with van der Waals surface area (Å²) in [6, 6.07) is 10.1. The molecule has 1 heterocycles. The number of amides is 1. The van der Waals surface area contributed by atoms with Gasteiger partial charge in [0.15, 0.2) is 0 Å². The van der Waals surface area contributed by atoms with E-state index < -0.39 is 0 Å². The largest absolute Gasteiger partial charge is 0.384 e. The number of ether oxygens (including phenoxy) is 2. The molecule has 4 nitrogen and oxygen atoms in total. The second-order valence-corrected chi connectivity index (χ2v) is 4.79. The number of rotatable bonds is 6. The Balaban J connectivity index is 1.71. The van der Waals surface area contributed by atoms with Crippen molar-refractivity contribution in [3.63, 3.8) is 0 Å². The second-order valence-electron chi connectivity index (χ2n) is 4.79. The van der Waals surface area contributed by atoms with Crippen LogP contribution in [0.3, 0.4) is 0 Å². The van der Waals surface area contributed by atoms with Gasteiger partial charge in [-0.05, 0) is 12.0 Å². The van der Waals surface area contributed by atoms with E-state index in [0.29, 0.717) is 26.2 Å². The third-order valence-corrected chi connectivity index (χ3v) is 3.35. The predicted octanol–water partition coefficient (Wildman–Crippen LogP) is 1.84. The molecule has 0 spiro atoms.